The molecule has 5 heteroatoms. The molecule has 0 spiro atoms. The Kier molecular flexibility index (Phi) is 2.64. The molecule has 0 radical (unpaired) electrons. The van der Waals surface area contributed by atoms with Crippen LogP contribution in [-0.4, -0.2) is 26.6 Å². The minimum absolute atomic E-state index is 0.434. The zero-order chi connectivity index (χ0) is 11.8. The summed E-state index contributed by atoms with van der Waals surface area (Å²) >= 11 is 1.72. The molecule has 1 atom stereocenters. The summed E-state index contributed by atoms with van der Waals surface area (Å²) in [5.74, 6) is 0.951. The van der Waals surface area contributed by atoms with E-state index in [1.807, 2.05) is 0 Å². The molecular formula is C12H14N4S. The molecule has 2 N–H and O–H groups in total. The Labute approximate surface area is 104 Å². The van der Waals surface area contributed by atoms with E-state index in [1.165, 1.54) is 5.56 Å². The van der Waals surface area contributed by atoms with Gasteiger partial charge >= 0.3 is 0 Å². The predicted octanol–water partition coefficient (Wildman–Crippen LogP) is 1.69. The van der Waals surface area contributed by atoms with Gasteiger partial charge in [0.15, 0.2) is 11.0 Å². The highest BCUT2D eigenvalue weighted by molar-refractivity contribution is 8.00. The van der Waals surface area contributed by atoms with Crippen molar-refractivity contribution in [3.05, 3.63) is 29.8 Å². The third-order valence-corrected chi connectivity index (χ3v) is 4.10. The Balaban J connectivity index is 2.01. The quantitative estimate of drug-likeness (QED) is 0.876. The summed E-state index contributed by atoms with van der Waals surface area (Å²) in [6, 6.07) is 8.35. The fraction of sp³-hybridized carbons (Fsp3) is 0.333. The molecule has 17 heavy (non-hydrogen) atoms. The molecule has 4 nitrogen and oxygen atoms in total. The average molecular weight is 246 g/mol. The van der Waals surface area contributed by atoms with E-state index in [4.69, 9.17) is 5.73 Å². The molecule has 0 bridgehead atoms. The first-order valence-electron chi connectivity index (χ1n) is 5.65. The lowest BCUT2D eigenvalue weighted by molar-refractivity contribution is 0.655. The maximum absolute atomic E-state index is 5.70. The summed E-state index contributed by atoms with van der Waals surface area (Å²) in [6.45, 7) is 3.68. The number of rotatable bonds is 2. The third kappa shape index (κ3) is 1.85. The summed E-state index contributed by atoms with van der Waals surface area (Å²) in [4.78, 5) is 0. The van der Waals surface area contributed by atoms with Crippen LogP contribution in [0.15, 0.2) is 29.4 Å². The van der Waals surface area contributed by atoms with E-state index in [9.17, 15) is 0 Å². The van der Waals surface area contributed by atoms with Gasteiger partial charge in [-0.15, -0.1) is 10.2 Å². The standard InChI is InChI=1S/C12H14N4S/c1-8-3-2-4-9(5-8)11-14-15-12-16(11)7-10(6-13)17-12/h2-5,10H,6-7,13H2,1H3. The molecule has 0 saturated carbocycles. The molecular weight excluding hydrogens is 232 g/mol. The van der Waals surface area contributed by atoms with Crippen molar-refractivity contribution < 1.29 is 0 Å². The number of aromatic nitrogens is 3. The number of fused-ring (bicyclic) bond motifs is 1. The van der Waals surface area contributed by atoms with Crippen molar-refractivity contribution in [2.75, 3.05) is 6.54 Å². The SMILES string of the molecule is Cc1cccc(-c2nnc3n2CC(CN)S3)c1. The Morgan fingerprint density at radius 1 is 1.47 bits per heavy atom. The Morgan fingerprint density at radius 3 is 3.12 bits per heavy atom. The Bertz CT molecular complexity index is 549. The monoisotopic (exact) mass is 246 g/mol. The maximum atomic E-state index is 5.70. The highest BCUT2D eigenvalue weighted by Crippen LogP contribution is 2.33. The van der Waals surface area contributed by atoms with Gasteiger partial charge in [-0.25, -0.2) is 0 Å². The molecule has 0 fully saturated rings. The zero-order valence-corrected chi connectivity index (χ0v) is 10.4. The van der Waals surface area contributed by atoms with Crippen LogP contribution in [0, 0.1) is 6.92 Å². The fourth-order valence-corrected chi connectivity index (χ4v) is 3.04. The number of benzene rings is 1. The molecule has 3 rings (SSSR count). The van der Waals surface area contributed by atoms with Gasteiger partial charge in [-0.2, -0.15) is 0 Å². The van der Waals surface area contributed by atoms with Crippen molar-refractivity contribution in [3.8, 4) is 11.4 Å². The Morgan fingerprint density at radius 2 is 2.35 bits per heavy atom. The largest absolute Gasteiger partial charge is 0.329 e. The van der Waals surface area contributed by atoms with Crippen molar-refractivity contribution in [1.82, 2.24) is 14.8 Å². The van der Waals surface area contributed by atoms with Gasteiger partial charge in [-0.05, 0) is 13.0 Å². The van der Waals surface area contributed by atoms with Gasteiger partial charge < -0.3 is 10.3 Å². The zero-order valence-electron chi connectivity index (χ0n) is 9.63. The smallest absolute Gasteiger partial charge is 0.191 e. The number of thioether (sulfide) groups is 1. The molecule has 1 aliphatic rings. The molecule has 1 unspecified atom stereocenters. The van der Waals surface area contributed by atoms with Gasteiger partial charge in [0.2, 0.25) is 0 Å². The summed E-state index contributed by atoms with van der Waals surface area (Å²) in [5.41, 5.74) is 8.07. The number of nitrogens with zero attached hydrogens (tertiary/aromatic N) is 3. The van der Waals surface area contributed by atoms with E-state index in [1.54, 1.807) is 11.8 Å². The second-order valence-corrected chi connectivity index (χ2v) is 5.53. The molecule has 0 aliphatic carbocycles. The van der Waals surface area contributed by atoms with E-state index < -0.39 is 0 Å². The average Bonchev–Trinajstić information content (AvgIpc) is 2.87. The van der Waals surface area contributed by atoms with Gasteiger partial charge in [-0.3, -0.25) is 0 Å². The minimum Gasteiger partial charge on any atom is -0.329 e. The van der Waals surface area contributed by atoms with Gasteiger partial charge in [-0.1, -0.05) is 35.5 Å². The number of aryl methyl sites for hydroxylation is 1. The van der Waals surface area contributed by atoms with E-state index >= 15 is 0 Å². The number of hydrogen-bond acceptors (Lipinski definition) is 4. The fourth-order valence-electron chi connectivity index (χ4n) is 2.05. The van der Waals surface area contributed by atoms with Crippen molar-refractivity contribution >= 4 is 11.8 Å². The summed E-state index contributed by atoms with van der Waals surface area (Å²) < 4.78 is 2.16. The van der Waals surface area contributed by atoms with Crippen LogP contribution >= 0.6 is 11.8 Å². The van der Waals surface area contributed by atoms with Crippen molar-refractivity contribution in [3.63, 3.8) is 0 Å². The topological polar surface area (TPSA) is 56.7 Å². The molecule has 1 aromatic heterocycles. The Hall–Kier alpha value is -1.33. The van der Waals surface area contributed by atoms with Gasteiger partial charge in [0.1, 0.15) is 0 Å². The first-order valence-corrected chi connectivity index (χ1v) is 6.53. The van der Waals surface area contributed by atoms with Crippen LogP contribution in [0.2, 0.25) is 0 Å². The van der Waals surface area contributed by atoms with Crippen LogP contribution in [0.5, 0.6) is 0 Å². The maximum Gasteiger partial charge on any atom is 0.191 e. The van der Waals surface area contributed by atoms with E-state index in [0.717, 1.165) is 23.1 Å². The van der Waals surface area contributed by atoms with Crippen molar-refractivity contribution in [2.45, 2.75) is 23.9 Å². The molecule has 1 aliphatic heterocycles. The van der Waals surface area contributed by atoms with Crippen LogP contribution < -0.4 is 5.73 Å². The molecule has 2 heterocycles. The van der Waals surface area contributed by atoms with Gasteiger partial charge in [0.05, 0.1) is 0 Å². The summed E-state index contributed by atoms with van der Waals surface area (Å²) in [5, 5.41) is 9.91. The minimum atomic E-state index is 0.434. The molecule has 0 saturated heterocycles. The van der Waals surface area contributed by atoms with E-state index in [-0.39, 0.29) is 0 Å². The first kappa shape index (κ1) is 10.8. The third-order valence-electron chi connectivity index (χ3n) is 2.91. The second kappa shape index (κ2) is 4.16. The predicted molar refractivity (Wildman–Crippen MR) is 68.9 cm³/mol. The van der Waals surface area contributed by atoms with Crippen LogP contribution in [0.1, 0.15) is 5.56 Å². The lowest BCUT2D eigenvalue weighted by Gasteiger charge is -2.06. The molecule has 0 amide bonds. The summed E-state index contributed by atoms with van der Waals surface area (Å²) in [7, 11) is 0. The van der Waals surface area contributed by atoms with Crippen molar-refractivity contribution in [2.24, 2.45) is 5.73 Å². The molecule has 2 aromatic rings. The molecule has 1 aromatic carbocycles. The van der Waals surface area contributed by atoms with Crippen LogP contribution in [0.4, 0.5) is 0 Å². The van der Waals surface area contributed by atoms with Gasteiger partial charge in [0.25, 0.3) is 0 Å². The first-order chi connectivity index (χ1) is 8.28. The normalized spacial score (nSPS) is 18.4. The van der Waals surface area contributed by atoms with E-state index in [2.05, 4.69) is 46.0 Å². The lowest BCUT2D eigenvalue weighted by atomic mass is 10.1. The van der Waals surface area contributed by atoms with Crippen LogP contribution in [0.25, 0.3) is 11.4 Å². The van der Waals surface area contributed by atoms with Crippen LogP contribution in [0.3, 0.4) is 0 Å². The highest BCUT2D eigenvalue weighted by atomic mass is 32.2. The second-order valence-electron chi connectivity index (χ2n) is 4.26. The molecule has 88 valence electrons. The lowest BCUT2D eigenvalue weighted by Crippen LogP contribution is -2.17. The van der Waals surface area contributed by atoms with Crippen molar-refractivity contribution in [1.29, 1.82) is 0 Å². The number of nitrogens with two attached hydrogens (primary N) is 1. The van der Waals surface area contributed by atoms with Crippen LogP contribution in [-0.2, 0) is 6.54 Å². The highest BCUT2D eigenvalue weighted by Gasteiger charge is 2.26. The summed E-state index contributed by atoms with van der Waals surface area (Å²) in [6.07, 6.45) is 0. The number of hydrogen-bond donors (Lipinski definition) is 1. The van der Waals surface area contributed by atoms with Gasteiger partial charge in [0, 0.05) is 23.9 Å². The van der Waals surface area contributed by atoms with E-state index in [0.29, 0.717) is 11.8 Å².